The highest BCUT2D eigenvalue weighted by Crippen LogP contribution is 2.59. The molecule has 2 unspecified atom stereocenters. The fourth-order valence-electron chi connectivity index (χ4n) is 6.46. The van der Waals surface area contributed by atoms with Crippen LogP contribution in [0.25, 0.3) is 0 Å². The average Bonchev–Trinajstić information content (AvgIpc) is 3.05. The van der Waals surface area contributed by atoms with Gasteiger partial charge in [-0.25, -0.2) is 0 Å². The highest BCUT2D eigenvalue weighted by molar-refractivity contribution is 5.26. The minimum absolute atomic E-state index is 0.0352. The second-order valence-electron chi connectivity index (χ2n) is 11.8. The molecule has 0 aromatic heterocycles. The summed E-state index contributed by atoms with van der Waals surface area (Å²) in [6.45, 7) is 12.7. The van der Waals surface area contributed by atoms with Crippen molar-refractivity contribution in [1.82, 2.24) is 0 Å². The standard InChI is InChI=1S/C28H46O3/c1-18(9-10-19(2)27(4,5)31)23-13-14-24-22(8-7-15-28(23,24)6)12-11-21-16-25(29)20(3)26(30)17-21/h9-12,18-20,23-26,29-31H,7-8,13-17H2,1-6H3/t18-,19+,20?,23?,24?,25-,26-,28-/m1/s1. The van der Waals surface area contributed by atoms with Crippen LogP contribution < -0.4 is 0 Å². The molecule has 0 aliphatic heterocycles. The van der Waals surface area contributed by atoms with Gasteiger partial charge in [0.05, 0.1) is 17.8 Å². The van der Waals surface area contributed by atoms with Crippen LogP contribution in [0, 0.1) is 35.0 Å². The third-order valence-electron chi connectivity index (χ3n) is 9.18. The summed E-state index contributed by atoms with van der Waals surface area (Å²) in [5, 5.41) is 30.7. The third kappa shape index (κ3) is 5.37. The number of aliphatic hydroxyl groups excluding tert-OH is 2. The van der Waals surface area contributed by atoms with Crippen molar-refractivity contribution in [3.05, 3.63) is 35.5 Å². The number of fused-ring (bicyclic) bond motifs is 1. The maximum Gasteiger partial charge on any atom is 0.0651 e. The zero-order valence-corrected chi connectivity index (χ0v) is 20.6. The Hall–Kier alpha value is -0.900. The first-order valence-corrected chi connectivity index (χ1v) is 12.6. The molecule has 3 rings (SSSR count). The Morgan fingerprint density at radius 3 is 2.29 bits per heavy atom. The van der Waals surface area contributed by atoms with Crippen molar-refractivity contribution in [3.8, 4) is 0 Å². The van der Waals surface area contributed by atoms with Crippen LogP contribution in [0.15, 0.2) is 35.5 Å². The Balaban J connectivity index is 1.73. The van der Waals surface area contributed by atoms with Crippen molar-refractivity contribution >= 4 is 0 Å². The lowest BCUT2D eigenvalue weighted by Gasteiger charge is -2.44. The highest BCUT2D eigenvalue weighted by Gasteiger charge is 2.50. The fourth-order valence-corrected chi connectivity index (χ4v) is 6.46. The van der Waals surface area contributed by atoms with E-state index >= 15 is 0 Å². The van der Waals surface area contributed by atoms with Gasteiger partial charge in [-0.05, 0) is 82.0 Å². The van der Waals surface area contributed by atoms with Crippen LogP contribution in [0.5, 0.6) is 0 Å². The zero-order valence-electron chi connectivity index (χ0n) is 20.6. The van der Waals surface area contributed by atoms with Gasteiger partial charge in [0.2, 0.25) is 0 Å². The first-order valence-electron chi connectivity index (χ1n) is 12.6. The predicted molar refractivity (Wildman–Crippen MR) is 129 cm³/mol. The topological polar surface area (TPSA) is 60.7 Å². The second kappa shape index (κ2) is 9.53. The first-order chi connectivity index (χ1) is 14.4. The Morgan fingerprint density at radius 2 is 1.68 bits per heavy atom. The van der Waals surface area contributed by atoms with E-state index in [2.05, 4.69) is 45.1 Å². The second-order valence-corrected chi connectivity index (χ2v) is 11.8. The van der Waals surface area contributed by atoms with Crippen molar-refractivity contribution in [1.29, 1.82) is 0 Å². The van der Waals surface area contributed by atoms with Crippen LogP contribution in [0.2, 0.25) is 0 Å². The van der Waals surface area contributed by atoms with Crippen molar-refractivity contribution in [2.45, 2.75) is 104 Å². The number of allylic oxidation sites excluding steroid dienone is 4. The highest BCUT2D eigenvalue weighted by atomic mass is 16.3. The maximum atomic E-state index is 10.3. The Labute approximate surface area is 190 Å². The lowest BCUT2D eigenvalue weighted by Crippen LogP contribution is -2.36. The normalized spacial score (nSPS) is 40.2. The van der Waals surface area contributed by atoms with Gasteiger partial charge in [-0.2, -0.15) is 0 Å². The molecule has 3 aliphatic rings. The van der Waals surface area contributed by atoms with Gasteiger partial charge >= 0.3 is 0 Å². The molecule has 0 radical (unpaired) electrons. The molecule has 176 valence electrons. The van der Waals surface area contributed by atoms with Gasteiger partial charge in [0, 0.05) is 11.8 Å². The molecule has 0 aromatic carbocycles. The molecule has 3 aliphatic carbocycles. The fraction of sp³-hybridized carbons (Fsp3) is 0.786. The number of hydrogen-bond acceptors (Lipinski definition) is 3. The molecule has 31 heavy (non-hydrogen) atoms. The van der Waals surface area contributed by atoms with Gasteiger partial charge < -0.3 is 15.3 Å². The van der Waals surface area contributed by atoms with E-state index < -0.39 is 17.8 Å². The molecule has 0 bridgehead atoms. The SMILES string of the molecule is CC1[C@H](O)CC(=CC=C2CCC[C@@]3(C)C2CCC3[C@H](C)C=C[C@H](C)C(C)(C)O)C[C@H]1O. The molecule has 0 saturated heterocycles. The zero-order chi connectivity index (χ0) is 23.0. The van der Waals surface area contributed by atoms with Crippen molar-refractivity contribution in [3.63, 3.8) is 0 Å². The Kier molecular flexibility index (Phi) is 7.61. The van der Waals surface area contributed by atoms with E-state index in [1.807, 2.05) is 20.8 Å². The molecule has 0 heterocycles. The van der Waals surface area contributed by atoms with E-state index in [0.29, 0.717) is 36.0 Å². The van der Waals surface area contributed by atoms with Gasteiger partial charge in [-0.1, -0.05) is 63.1 Å². The summed E-state index contributed by atoms with van der Waals surface area (Å²) in [5.41, 5.74) is 2.42. The summed E-state index contributed by atoms with van der Waals surface area (Å²) < 4.78 is 0. The number of hydrogen-bond donors (Lipinski definition) is 3. The van der Waals surface area contributed by atoms with Crippen LogP contribution in [0.4, 0.5) is 0 Å². The van der Waals surface area contributed by atoms with Crippen LogP contribution in [-0.4, -0.2) is 33.1 Å². The molecule has 7 atom stereocenters. The monoisotopic (exact) mass is 430 g/mol. The van der Waals surface area contributed by atoms with Crippen LogP contribution >= 0.6 is 0 Å². The minimum Gasteiger partial charge on any atom is -0.392 e. The summed E-state index contributed by atoms with van der Waals surface area (Å²) in [6, 6.07) is 0. The van der Waals surface area contributed by atoms with Gasteiger partial charge in [0.1, 0.15) is 0 Å². The minimum atomic E-state index is -0.676. The predicted octanol–water partition coefficient (Wildman–Crippen LogP) is 5.81. The Bertz CT molecular complexity index is 698. The van der Waals surface area contributed by atoms with Gasteiger partial charge in [-0.3, -0.25) is 0 Å². The van der Waals surface area contributed by atoms with E-state index in [1.54, 1.807) is 5.57 Å². The summed E-state index contributed by atoms with van der Waals surface area (Å²) >= 11 is 0. The first kappa shape index (κ1) is 24.7. The lowest BCUT2D eigenvalue weighted by atomic mass is 9.61. The molecule has 3 N–H and O–H groups in total. The molecule has 3 saturated carbocycles. The molecule has 3 fully saturated rings. The molecule has 0 amide bonds. The summed E-state index contributed by atoms with van der Waals surface area (Å²) in [6.07, 6.45) is 15.9. The summed E-state index contributed by atoms with van der Waals surface area (Å²) in [5.74, 6) is 1.95. The van der Waals surface area contributed by atoms with E-state index in [1.165, 1.54) is 37.7 Å². The average molecular weight is 431 g/mol. The van der Waals surface area contributed by atoms with Crippen molar-refractivity contribution < 1.29 is 15.3 Å². The van der Waals surface area contributed by atoms with Crippen molar-refractivity contribution in [2.75, 3.05) is 0 Å². The van der Waals surface area contributed by atoms with E-state index in [9.17, 15) is 15.3 Å². The largest absolute Gasteiger partial charge is 0.392 e. The molecule has 0 spiro atoms. The molecular formula is C28H46O3. The number of aliphatic hydroxyl groups is 3. The molecule has 3 nitrogen and oxygen atoms in total. The number of rotatable bonds is 5. The molecule has 0 aromatic rings. The summed E-state index contributed by atoms with van der Waals surface area (Å²) in [4.78, 5) is 0. The third-order valence-corrected chi connectivity index (χ3v) is 9.18. The molecule has 3 heteroatoms. The van der Waals surface area contributed by atoms with Crippen molar-refractivity contribution in [2.24, 2.45) is 35.0 Å². The van der Waals surface area contributed by atoms with Crippen LogP contribution in [0.3, 0.4) is 0 Å². The molecular weight excluding hydrogens is 384 g/mol. The Morgan fingerprint density at radius 1 is 1.03 bits per heavy atom. The van der Waals surface area contributed by atoms with E-state index in [-0.39, 0.29) is 11.8 Å². The smallest absolute Gasteiger partial charge is 0.0651 e. The van der Waals surface area contributed by atoms with Gasteiger partial charge in [0.15, 0.2) is 0 Å². The van der Waals surface area contributed by atoms with Gasteiger partial charge in [-0.15, -0.1) is 0 Å². The van der Waals surface area contributed by atoms with E-state index in [0.717, 1.165) is 0 Å². The van der Waals surface area contributed by atoms with E-state index in [4.69, 9.17) is 0 Å². The van der Waals surface area contributed by atoms with Crippen LogP contribution in [-0.2, 0) is 0 Å². The van der Waals surface area contributed by atoms with Gasteiger partial charge in [0.25, 0.3) is 0 Å². The maximum absolute atomic E-state index is 10.3. The quantitative estimate of drug-likeness (QED) is 0.483. The lowest BCUT2D eigenvalue weighted by molar-refractivity contribution is 0.00406. The van der Waals surface area contributed by atoms with Crippen LogP contribution in [0.1, 0.15) is 86.5 Å². The summed E-state index contributed by atoms with van der Waals surface area (Å²) in [7, 11) is 0.